The topological polar surface area (TPSA) is 26.3 Å². The zero-order valence-electron chi connectivity index (χ0n) is 10.9. The van der Waals surface area contributed by atoms with Crippen molar-refractivity contribution in [3.63, 3.8) is 0 Å². The van der Waals surface area contributed by atoms with E-state index in [0.717, 1.165) is 36.2 Å². The molecule has 1 aliphatic heterocycles. The molecule has 2 rings (SSSR count). The molecule has 0 fully saturated rings. The second-order valence-corrected chi connectivity index (χ2v) is 4.47. The molecule has 1 aromatic carbocycles. The van der Waals surface area contributed by atoms with E-state index in [0.29, 0.717) is 5.57 Å². The van der Waals surface area contributed by atoms with Gasteiger partial charge in [0.25, 0.3) is 0 Å². The predicted octanol–water partition coefficient (Wildman–Crippen LogP) is 4.09. The first-order chi connectivity index (χ1) is 8.74. The van der Waals surface area contributed by atoms with Crippen LogP contribution >= 0.6 is 0 Å². The highest BCUT2D eigenvalue weighted by molar-refractivity contribution is 6.20. The van der Waals surface area contributed by atoms with Crippen LogP contribution in [0.15, 0.2) is 47.7 Å². The lowest BCUT2D eigenvalue weighted by molar-refractivity contribution is -0.131. The highest BCUT2D eigenvalue weighted by atomic mass is 16.5. The van der Waals surface area contributed by atoms with Gasteiger partial charge in [0, 0.05) is 5.57 Å². The Morgan fingerprint density at radius 3 is 2.61 bits per heavy atom. The summed E-state index contributed by atoms with van der Waals surface area (Å²) in [5.41, 5.74) is 2.57. The standard InChI is InChI=1S/C16H18O2/c1-3-4-6-11-14-12(2)15(16(17)18-14)13-9-7-5-8-10-13/h5,7-11H,3-4,6H2,1-2H3/b14-11-. The summed E-state index contributed by atoms with van der Waals surface area (Å²) < 4.78 is 5.34. The highest BCUT2D eigenvalue weighted by Gasteiger charge is 2.27. The van der Waals surface area contributed by atoms with Crippen LogP contribution in [0.1, 0.15) is 38.7 Å². The van der Waals surface area contributed by atoms with E-state index in [1.807, 2.05) is 43.3 Å². The van der Waals surface area contributed by atoms with Gasteiger partial charge in [-0.05, 0) is 31.4 Å². The lowest BCUT2D eigenvalue weighted by Crippen LogP contribution is -1.97. The molecule has 2 nitrogen and oxygen atoms in total. The summed E-state index contributed by atoms with van der Waals surface area (Å²) in [5, 5.41) is 0. The van der Waals surface area contributed by atoms with E-state index in [-0.39, 0.29) is 5.97 Å². The van der Waals surface area contributed by atoms with Gasteiger partial charge in [0.2, 0.25) is 0 Å². The van der Waals surface area contributed by atoms with Crippen molar-refractivity contribution in [2.45, 2.75) is 33.1 Å². The molecular formula is C16H18O2. The third-order valence-corrected chi connectivity index (χ3v) is 3.10. The Labute approximate surface area is 108 Å². The molecule has 2 heteroatoms. The summed E-state index contributed by atoms with van der Waals surface area (Å²) in [6.45, 7) is 4.10. The number of rotatable bonds is 4. The molecule has 0 bridgehead atoms. The lowest BCUT2D eigenvalue weighted by Gasteiger charge is -1.98. The van der Waals surface area contributed by atoms with Gasteiger partial charge < -0.3 is 4.74 Å². The van der Waals surface area contributed by atoms with Crippen molar-refractivity contribution in [1.82, 2.24) is 0 Å². The maximum absolute atomic E-state index is 11.9. The van der Waals surface area contributed by atoms with E-state index < -0.39 is 0 Å². The maximum atomic E-state index is 11.9. The molecule has 0 spiro atoms. The molecular weight excluding hydrogens is 224 g/mol. The van der Waals surface area contributed by atoms with E-state index in [9.17, 15) is 4.79 Å². The van der Waals surface area contributed by atoms with Crippen molar-refractivity contribution in [1.29, 1.82) is 0 Å². The van der Waals surface area contributed by atoms with Crippen LogP contribution in [0.3, 0.4) is 0 Å². The number of unbranched alkanes of at least 4 members (excludes halogenated alkanes) is 2. The monoisotopic (exact) mass is 242 g/mol. The number of esters is 1. The SMILES string of the molecule is CCCC/C=C1\OC(=O)C(c2ccccc2)=C1C. The molecule has 0 amide bonds. The van der Waals surface area contributed by atoms with Crippen molar-refractivity contribution in [2.24, 2.45) is 0 Å². The van der Waals surface area contributed by atoms with Gasteiger partial charge in [-0.15, -0.1) is 0 Å². The van der Waals surface area contributed by atoms with Gasteiger partial charge in [-0.1, -0.05) is 43.7 Å². The second kappa shape index (κ2) is 5.67. The van der Waals surface area contributed by atoms with Gasteiger partial charge in [-0.3, -0.25) is 0 Å². The van der Waals surface area contributed by atoms with Crippen LogP contribution in [0.25, 0.3) is 5.57 Å². The molecule has 1 aliphatic rings. The first kappa shape index (κ1) is 12.6. The minimum atomic E-state index is -0.235. The van der Waals surface area contributed by atoms with Crippen molar-refractivity contribution in [3.8, 4) is 0 Å². The van der Waals surface area contributed by atoms with Gasteiger partial charge in [-0.25, -0.2) is 4.79 Å². The molecule has 0 N–H and O–H groups in total. The smallest absolute Gasteiger partial charge is 0.344 e. The van der Waals surface area contributed by atoms with Crippen LogP contribution in [0.4, 0.5) is 0 Å². The highest BCUT2D eigenvalue weighted by Crippen LogP contribution is 2.32. The average molecular weight is 242 g/mol. The van der Waals surface area contributed by atoms with Gasteiger partial charge in [-0.2, -0.15) is 0 Å². The fourth-order valence-corrected chi connectivity index (χ4v) is 2.07. The Morgan fingerprint density at radius 2 is 1.94 bits per heavy atom. The fraction of sp³-hybridized carbons (Fsp3) is 0.312. The third-order valence-electron chi connectivity index (χ3n) is 3.10. The predicted molar refractivity (Wildman–Crippen MR) is 72.7 cm³/mol. The summed E-state index contributed by atoms with van der Waals surface area (Å²) >= 11 is 0. The number of hydrogen-bond donors (Lipinski definition) is 0. The fourth-order valence-electron chi connectivity index (χ4n) is 2.07. The first-order valence-electron chi connectivity index (χ1n) is 6.43. The third kappa shape index (κ3) is 2.53. The van der Waals surface area contributed by atoms with E-state index >= 15 is 0 Å². The Morgan fingerprint density at radius 1 is 1.22 bits per heavy atom. The van der Waals surface area contributed by atoms with Crippen LogP contribution in [0.5, 0.6) is 0 Å². The molecule has 0 saturated heterocycles. The Hall–Kier alpha value is -1.83. The molecule has 1 heterocycles. The zero-order valence-corrected chi connectivity index (χ0v) is 10.9. The number of cyclic esters (lactones) is 1. The minimum Gasteiger partial charge on any atom is -0.423 e. The largest absolute Gasteiger partial charge is 0.423 e. The summed E-state index contributed by atoms with van der Waals surface area (Å²) in [5.74, 6) is 0.494. The molecule has 0 saturated carbocycles. The number of benzene rings is 1. The van der Waals surface area contributed by atoms with Crippen molar-refractivity contribution in [3.05, 3.63) is 53.3 Å². The quantitative estimate of drug-likeness (QED) is 0.587. The molecule has 1 aromatic rings. The van der Waals surface area contributed by atoms with Crippen LogP contribution in [-0.2, 0) is 9.53 Å². The maximum Gasteiger partial charge on any atom is 0.344 e. The number of carbonyl (C=O) groups is 1. The van der Waals surface area contributed by atoms with Gasteiger partial charge >= 0.3 is 5.97 Å². The number of hydrogen-bond acceptors (Lipinski definition) is 2. The molecule has 0 aliphatic carbocycles. The van der Waals surface area contributed by atoms with E-state index in [1.165, 1.54) is 0 Å². The van der Waals surface area contributed by atoms with Crippen molar-refractivity contribution in [2.75, 3.05) is 0 Å². The number of ether oxygens (including phenoxy) is 1. The van der Waals surface area contributed by atoms with Gasteiger partial charge in [0.1, 0.15) is 5.76 Å². The Kier molecular flexibility index (Phi) is 3.98. The Balaban J connectivity index is 2.29. The first-order valence-corrected chi connectivity index (χ1v) is 6.43. The summed E-state index contributed by atoms with van der Waals surface area (Å²) in [4.78, 5) is 11.9. The molecule has 0 atom stereocenters. The summed E-state index contributed by atoms with van der Waals surface area (Å²) in [7, 11) is 0. The molecule has 0 radical (unpaired) electrons. The van der Waals surface area contributed by atoms with Gasteiger partial charge in [0.15, 0.2) is 0 Å². The van der Waals surface area contributed by atoms with Crippen LogP contribution in [0, 0.1) is 0 Å². The van der Waals surface area contributed by atoms with Crippen molar-refractivity contribution < 1.29 is 9.53 Å². The second-order valence-electron chi connectivity index (χ2n) is 4.47. The van der Waals surface area contributed by atoms with Gasteiger partial charge in [0.05, 0.1) is 5.57 Å². The zero-order chi connectivity index (χ0) is 13.0. The average Bonchev–Trinajstić information content (AvgIpc) is 2.66. The van der Waals surface area contributed by atoms with E-state index in [4.69, 9.17) is 4.74 Å². The molecule has 0 aromatic heterocycles. The van der Waals surface area contributed by atoms with Crippen LogP contribution in [0.2, 0.25) is 0 Å². The normalized spacial score (nSPS) is 17.4. The van der Waals surface area contributed by atoms with Crippen LogP contribution in [-0.4, -0.2) is 5.97 Å². The molecule has 18 heavy (non-hydrogen) atoms. The summed E-state index contributed by atoms with van der Waals surface area (Å²) in [6, 6.07) is 9.69. The van der Waals surface area contributed by atoms with E-state index in [2.05, 4.69) is 6.92 Å². The Bertz CT molecular complexity index is 495. The minimum absolute atomic E-state index is 0.235. The lowest BCUT2D eigenvalue weighted by atomic mass is 10.0. The molecule has 0 unspecified atom stereocenters. The van der Waals surface area contributed by atoms with E-state index in [1.54, 1.807) is 0 Å². The number of allylic oxidation sites excluding steroid dienone is 2. The summed E-state index contributed by atoms with van der Waals surface area (Å²) in [6.07, 6.45) is 5.24. The van der Waals surface area contributed by atoms with Crippen LogP contribution < -0.4 is 0 Å². The molecule has 94 valence electrons. The van der Waals surface area contributed by atoms with Crippen molar-refractivity contribution >= 4 is 11.5 Å². The number of carbonyl (C=O) groups excluding carboxylic acids is 1.